The van der Waals surface area contributed by atoms with E-state index in [1.807, 2.05) is 19.3 Å². The molecule has 0 unspecified atom stereocenters. The summed E-state index contributed by atoms with van der Waals surface area (Å²) in [6.45, 7) is 5.61. The van der Waals surface area contributed by atoms with Crippen molar-refractivity contribution in [3.05, 3.63) is 18.2 Å². The number of nitrogens with zero attached hydrogens (tertiary/aromatic N) is 2. The van der Waals surface area contributed by atoms with Crippen molar-refractivity contribution < 1.29 is 4.74 Å². The number of aryl methyl sites for hydroxylation is 1. The Bertz CT molecular complexity index is 235. The van der Waals surface area contributed by atoms with E-state index in [-0.39, 0.29) is 0 Å². The van der Waals surface area contributed by atoms with Gasteiger partial charge in [0.2, 0.25) is 0 Å². The predicted molar refractivity (Wildman–Crippen MR) is 51.7 cm³/mol. The lowest BCUT2D eigenvalue weighted by atomic mass is 10.5. The van der Waals surface area contributed by atoms with Crippen molar-refractivity contribution in [2.45, 2.75) is 13.5 Å². The van der Waals surface area contributed by atoms with Gasteiger partial charge in [0.15, 0.2) is 0 Å². The van der Waals surface area contributed by atoms with E-state index in [0.717, 1.165) is 32.1 Å². The molecule has 1 aromatic rings. The third-order valence-electron chi connectivity index (χ3n) is 1.94. The standard InChI is InChI=1S/C9H17N3O/c1-9-11-4-7-12(9)6-3-10-5-8-13-2/h4,7,10H,3,5-6,8H2,1-2H3. The van der Waals surface area contributed by atoms with E-state index < -0.39 is 0 Å². The lowest BCUT2D eigenvalue weighted by molar-refractivity contribution is 0.199. The maximum absolute atomic E-state index is 4.92. The third kappa shape index (κ3) is 3.57. The second-order valence-electron chi connectivity index (χ2n) is 2.91. The highest BCUT2D eigenvalue weighted by atomic mass is 16.5. The summed E-state index contributed by atoms with van der Waals surface area (Å²) >= 11 is 0. The van der Waals surface area contributed by atoms with Gasteiger partial charge in [-0.15, -0.1) is 0 Å². The van der Waals surface area contributed by atoms with Gasteiger partial charge >= 0.3 is 0 Å². The molecule has 1 rings (SSSR count). The third-order valence-corrected chi connectivity index (χ3v) is 1.94. The minimum atomic E-state index is 0.767. The number of hydrogen-bond acceptors (Lipinski definition) is 3. The van der Waals surface area contributed by atoms with Gasteiger partial charge in [-0.25, -0.2) is 4.98 Å². The molecule has 4 heteroatoms. The van der Waals surface area contributed by atoms with Crippen molar-refractivity contribution in [3.63, 3.8) is 0 Å². The molecule has 0 saturated heterocycles. The molecule has 0 aromatic carbocycles. The summed E-state index contributed by atoms with van der Waals surface area (Å²) in [5, 5.41) is 3.28. The molecule has 0 amide bonds. The van der Waals surface area contributed by atoms with Crippen molar-refractivity contribution in [2.75, 3.05) is 26.8 Å². The van der Waals surface area contributed by atoms with Crippen LogP contribution in [0.15, 0.2) is 12.4 Å². The molecule has 1 heterocycles. The quantitative estimate of drug-likeness (QED) is 0.650. The Balaban J connectivity index is 2.10. The summed E-state index contributed by atoms with van der Waals surface area (Å²) in [5.74, 6) is 1.06. The number of hydrogen-bond donors (Lipinski definition) is 1. The normalized spacial score (nSPS) is 10.6. The first-order chi connectivity index (χ1) is 6.34. The van der Waals surface area contributed by atoms with Crippen LogP contribution in [-0.2, 0) is 11.3 Å². The van der Waals surface area contributed by atoms with Gasteiger partial charge in [-0.2, -0.15) is 0 Å². The van der Waals surface area contributed by atoms with Gasteiger partial charge in [-0.3, -0.25) is 0 Å². The van der Waals surface area contributed by atoms with Gasteiger partial charge in [-0.1, -0.05) is 0 Å². The number of rotatable bonds is 6. The van der Waals surface area contributed by atoms with E-state index in [1.54, 1.807) is 7.11 Å². The Hall–Kier alpha value is -0.870. The molecular formula is C9H17N3O. The molecule has 0 radical (unpaired) electrons. The van der Waals surface area contributed by atoms with Gasteiger partial charge in [0.05, 0.1) is 6.61 Å². The van der Waals surface area contributed by atoms with Gasteiger partial charge < -0.3 is 14.6 Å². The van der Waals surface area contributed by atoms with Crippen LogP contribution >= 0.6 is 0 Å². The van der Waals surface area contributed by atoms with Gasteiger partial charge in [-0.05, 0) is 6.92 Å². The van der Waals surface area contributed by atoms with E-state index in [1.165, 1.54) is 0 Å². The SMILES string of the molecule is COCCNCCn1ccnc1C. The van der Waals surface area contributed by atoms with Crippen LogP contribution < -0.4 is 5.32 Å². The summed E-state index contributed by atoms with van der Waals surface area (Å²) in [6, 6.07) is 0. The largest absolute Gasteiger partial charge is 0.383 e. The smallest absolute Gasteiger partial charge is 0.105 e. The van der Waals surface area contributed by atoms with Crippen LogP contribution in [-0.4, -0.2) is 36.4 Å². The molecule has 4 nitrogen and oxygen atoms in total. The zero-order valence-electron chi connectivity index (χ0n) is 8.29. The zero-order chi connectivity index (χ0) is 9.52. The predicted octanol–water partition coefficient (Wildman–Crippen LogP) is 0.428. The number of ether oxygens (including phenoxy) is 1. The Labute approximate surface area is 78.9 Å². The van der Waals surface area contributed by atoms with Crippen molar-refractivity contribution in [1.82, 2.24) is 14.9 Å². The van der Waals surface area contributed by atoms with Gasteiger partial charge in [0.25, 0.3) is 0 Å². The minimum Gasteiger partial charge on any atom is -0.383 e. The molecule has 0 saturated carbocycles. The fraction of sp³-hybridized carbons (Fsp3) is 0.667. The summed E-state index contributed by atoms with van der Waals surface area (Å²) < 4.78 is 7.05. The molecule has 0 aliphatic carbocycles. The van der Waals surface area contributed by atoms with Crippen molar-refractivity contribution in [3.8, 4) is 0 Å². The molecule has 0 atom stereocenters. The number of imidazole rings is 1. The zero-order valence-corrected chi connectivity index (χ0v) is 8.29. The van der Waals surface area contributed by atoms with Crippen molar-refractivity contribution in [1.29, 1.82) is 0 Å². The highest BCUT2D eigenvalue weighted by molar-refractivity contribution is 4.88. The van der Waals surface area contributed by atoms with Crippen molar-refractivity contribution in [2.24, 2.45) is 0 Å². The first-order valence-electron chi connectivity index (χ1n) is 4.52. The van der Waals surface area contributed by atoms with Crippen LogP contribution in [0.25, 0.3) is 0 Å². The number of nitrogens with one attached hydrogen (secondary N) is 1. The molecule has 74 valence electrons. The summed E-state index contributed by atoms with van der Waals surface area (Å²) in [7, 11) is 1.71. The lowest BCUT2D eigenvalue weighted by Crippen LogP contribution is -2.23. The Morgan fingerprint density at radius 1 is 1.54 bits per heavy atom. The molecule has 0 bridgehead atoms. The average molecular weight is 183 g/mol. The fourth-order valence-electron chi connectivity index (χ4n) is 1.14. The topological polar surface area (TPSA) is 39.1 Å². The molecule has 0 spiro atoms. The summed E-state index contributed by atoms with van der Waals surface area (Å²) in [4.78, 5) is 4.14. The maximum atomic E-state index is 4.92. The summed E-state index contributed by atoms with van der Waals surface area (Å²) in [6.07, 6.45) is 3.82. The highest BCUT2D eigenvalue weighted by Gasteiger charge is 1.94. The molecule has 0 aliphatic rings. The van der Waals surface area contributed by atoms with Crippen LogP contribution in [0.3, 0.4) is 0 Å². The fourth-order valence-corrected chi connectivity index (χ4v) is 1.14. The van der Waals surface area contributed by atoms with Crippen LogP contribution in [0.4, 0.5) is 0 Å². The Morgan fingerprint density at radius 3 is 3.00 bits per heavy atom. The van der Waals surface area contributed by atoms with Crippen LogP contribution in [0, 0.1) is 6.92 Å². The second kappa shape index (κ2) is 5.72. The van der Waals surface area contributed by atoms with E-state index in [0.29, 0.717) is 0 Å². The average Bonchev–Trinajstić information content (AvgIpc) is 2.52. The Morgan fingerprint density at radius 2 is 2.38 bits per heavy atom. The number of methoxy groups -OCH3 is 1. The minimum absolute atomic E-state index is 0.767. The second-order valence-corrected chi connectivity index (χ2v) is 2.91. The van der Waals surface area contributed by atoms with Gasteiger partial charge in [0.1, 0.15) is 5.82 Å². The number of aromatic nitrogens is 2. The van der Waals surface area contributed by atoms with Crippen LogP contribution in [0.1, 0.15) is 5.82 Å². The van der Waals surface area contributed by atoms with Crippen LogP contribution in [0.5, 0.6) is 0 Å². The van der Waals surface area contributed by atoms with E-state index >= 15 is 0 Å². The highest BCUT2D eigenvalue weighted by Crippen LogP contribution is 1.92. The summed E-state index contributed by atoms with van der Waals surface area (Å²) in [5.41, 5.74) is 0. The molecule has 1 N–H and O–H groups in total. The lowest BCUT2D eigenvalue weighted by Gasteiger charge is -2.06. The molecule has 0 aliphatic heterocycles. The maximum Gasteiger partial charge on any atom is 0.105 e. The van der Waals surface area contributed by atoms with E-state index in [2.05, 4.69) is 14.9 Å². The first-order valence-corrected chi connectivity index (χ1v) is 4.52. The first kappa shape index (κ1) is 10.2. The van der Waals surface area contributed by atoms with Crippen LogP contribution in [0.2, 0.25) is 0 Å². The monoisotopic (exact) mass is 183 g/mol. The molecule has 13 heavy (non-hydrogen) atoms. The Kier molecular flexibility index (Phi) is 4.49. The molecular weight excluding hydrogens is 166 g/mol. The van der Waals surface area contributed by atoms with Gasteiger partial charge in [0, 0.05) is 39.1 Å². The van der Waals surface area contributed by atoms with E-state index in [4.69, 9.17) is 4.74 Å². The van der Waals surface area contributed by atoms with E-state index in [9.17, 15) is 0 Å². The molecule has 1 aromatic heterocycles. The molecule has 0 fully saturated rings. The van der Waals surface area contributed by atoms with Crippen molar-refractivity contribution >= 4 is 0 Å².